The number of rotatable bonds is 4. The number of aromatic amines is 1. The largest absolute Gasteiger partial charge is 0.379 e. The maximum absolute atomic E-state index is 12.6. The van der Waals surface area contributed by atoms with Crippen LogP contribution in [0.3, 0.4) is 0 Å². The lowest BCUT2D eigenvalue weighted by Crippen LogP contribution is -2.60. The molecule has 4 rings (SSSR count). The van der Waals surface area contributed by atoms with Crippen molar-refractivity contribution in [1.82, 2.24) is 24.4 Å². The summed E-state index contributed by atoms with van der Waals surface area (Å²) in [5, 5.41) is 6.34. The molecule has 144 valence electrons. The van der Waals surface area contributed by atoms with Crippen molar-refractivity contribution in [3.63, 3.8) is 0 Å². The van der Waals surface area contributed by atoms with Crippen LogP contribution in [0.1, 0.15) is 16.2 Å². The van der Waals surface area contributed by atoms with E-state index in [9.17, 15) is 13.2 Å². The Bertz CT molecular complexity index is 928. The van der Waals surface area contributed by atoms with Crippen LogP contribution in [-0.4, -0.2) is 83.4 Å². The molecule has 0 bridgehead atoms. The number of nitrogens with zero attached hydrogens (tertiary/aromatic N) is 4. The lowest BCUT2D eigenvalue weighted by molar-refractivity contribution is 0.0617. The van der Waals surface area contributed by atoms with E-state index < -0.39 is 15.3 Å². The summed E-state index contributed by atoms with van der Waals surface area (Å²) in [6.07, 6.45) is 0. The Morgan fingerprint density at radius 3 is 2.44 bits per heavy atom. The molecule has 2 aromatic rings. The minimum atomic E-state index is -3.37. The number of hydrogen-bond donors (Lipinski definition) is 1. The lowest BCUT2D eigenvalue weighted by atomic mass is 10.1. The summed E-state index contributed by atoms with van der Waals surface area (Å²) in [6, 6.07) is 7.01. The molecule has 1 amide bonds. The Morgan fingerprint density at radius 1 is 1.19 bits per heavy atom. The van der Waals surface area contributed by atoms with E-state index in [1.807, 2.05) is 6.92 Å². The Labute approximate surface area is 157 Å². The third kappa shape index (κ3) is 3.47. The van der Waals surface area contributed by atoms with Crippen molar-refractivity contribution in [3.05, 3.63) is 35.7 Å². The van der Waals surface area contributed by atoms with Crippen molar-refractivity contribution in [3.8, 4) is 11.4 Å². The van der Waals surface area contributed by atoms with Gasteiger partial charge in [-0.3, -0.25) is 9.89 Å². The van der Waals surface area contributed by atoms with Gasteiger partial charge in [-0.25, -0.2) is 13.4 Å². The summed E-state index contributed by atoms with van der Waals surface area (Å²) >= 11 is 0. The highest BCUT2D eigenvalue weighted by Gasteiger charge is 2.43. The van der Waals surface area contributed by atoms with Crippen LogP contribution in [0.25, 0.3) is 11.4 Å². The first kappa shape index (κ1) is 18.1. The van der Waals surface area contributed by atoms with Crippen LogP contribution in [0, 0.1) is 6.92 Å². The van der Waals surface area contributed by atoms with Gasteiger partial charge in [-0.15, -0.1) is 0 Å². The van der Waals surface area contributed by atoms with Gasteiger partial charge in [0.1, 0.15) is 11.1 Å². The van der Waals surface area contributed by atoms with Gasteiger partial charge in [0.15, 0.2) is 5.82 Å². The molecule has 0 radical (unpaired) electrons. The second-order valence-corrected chi connectivity index (χ2v) is 8.92. The molecule has 3 heterocycles. The van der Waals surface area contributed by atoms with Gasteiger partial charge in [-0.2, -0.15) is 9.40 Å². The second kappa shape index (κ2) is 7.02. The number of aromatic nitrogens is 3. The summed E-state index contributed by atoms with van der Waals surface area (Å²) in [7, 11) is -3.37. The highest BCUT2D eigenvalue weighted by atomic mass is 32.2. The minimum absolute atomic E-state index is 0.166. The normalized spacial score (nSPS) is 19.1. The van der Waals surface area contributed by atoms with E-state index in [1.54, 1.807) is 29.2 Å². The summed E-state index contributed by atoms with van der Waals surface area (Å²) < 4.78 is 31.9. The Balaban J connectivity index is 1.38. The molecule has 10 heteroatoms. The van der Waals surface area contributed by atoms with Crippen LogP contribution in [0.4, 0.5) is 0 Å². The SMILES string of the molecule is Cc1nc(-c2ccc(C(=O)N3CC(S(=O)(=O)N4CCOCC4)C3)cc2)n[nH]1. The molecule has 27 heavy (non-hydrogen) atoms. The van der Waals surface area contributed by atoms with E-state index in [1.165, 1.54) is 4.31 Å². The molecule has 0 aliphatic carbocycles. The number of likely N-dealkylation sites (tertiary alicyclic amines) is 1. The number of hydrogen-bond acceptors (Lipinski definition) is 6. The van der Waals surface area contributed by atoms with Gasteiger partial charge in [0, 0.05) is 37.3 Å². The van der Waals surface area contributed by atoms with Gasteiger partial charge in [-0.05, 0) is 19.1 Å². The topological polar surface area (TPSA) is 108 Å². The van der Waals surface area contributed by atoms with E-state index in [2.05, 4.69) is 15.2 Å². The molecule has 2 aliphatic rings. The zero-order valence-electron chi connectivity index (χ0n) is 15.0. The number of carbonyl (C=O) groups excluding carboxylic acids is 1. The van der Waals surface area contributed by atoms with Gasteiger partial charge in [0.2, 0.25) is 10.0 Å². The van der Waals surface area contributed by atoms with Gasteiger partial charge in [0.05, 0.1) is 13.2 Å². The Kier molecular flexibility index (Phi) is 4.70. The maximum Gasteiger partial charge on any atom is 0.253 e. The molecule has 1 aromatic heterocycles. The standard InChI is InChI=1S/C17H21N5O4S/c1-12-18-16(20-19-12)13-2-4-14(5-3-13)17(23)21-10-15(11-21)27(24,25)22-6-8-26-9-7-22/h2-5,15H,6-11H2,1H3,(H,18,19,20). The van der Waals surface area contributed by atoms with E-state index >= 15 is 0 Å². The van der Waals surface area contributed by atoms with Crippen LogP contribution in [0.5, 0.6) is 0 Å². The predicted octanol–water partition coefficient (Wildman–Crippen LogP) is 0.267. The number of carbonyl (C=O) groups is 1. The average molecular weight is 391 g/mol. The van der Waals surface area contributed by atoms with Crippen molar-refractivity contribution < 1.29 is 17.9 Å². The van der Waals surface area contributed by atoms with Crippen molar-refractivity contribution in [2.45, 2.75) is 12.2 Å². The van der Waals surface area contributed by atoms with Gasteiger partial charge < -0.3 is 9.64 Å². The van der Waals surface area contributed by atoms with Crippen molar-refractivity contribution in [2.75, 3.05) is 39.4 Å². The first-order valence-corrected chi connectivity index (χ1v) is 10.3. The highest BCUT2D eigenvalue weighted by Crippen LogP contribution is 2.24. The number of sulfonamides is 1. The number of amides is 1. The van der Waals surface area contributed by atoms with Crippen LogP contribution >= 0.6 is 0 Å². The van der Waals surface area contributed by atoms with Crippen molar-refractivity contribution in [2.24, 2.45) is 0 Å². The van der Waals surface area contributed by atoms with Crippen molar-refractivity contribution >= 4 is 15.9 Å². The third-order valence-corrected chi connectivity index (χ3v) is 7.10. The smallest absolute Gasteiger partial charge is 0.253 e. The predicted molar refractivity (Wildman–Crippen MR) is 97.6 cm³/mol. The first-order valence-electron chi connectivity index (χ1n) is 8.80. The van der Waals surface area contributed by atoms with Gasteiger partial charge >= 0.3 is 0 Å². The molecule has 1 N–H and O–H groups in total. The number of ether oxygens (including phenoxy) is 1. The average Bonchev–Trinajstić information content (AvgIpc) is 3.07. The highest BCUT2D eigenvalue weighted by molar-refractivity contribution is 7.89. The zero-order valence-corrected chi connectivity index (χ0v) is 15.8. The fraction of sp³-hybridized carbons (Fsp3) is 0.471. The van der Waals surface area contributed by atoms with Crippen LogP contribution in [0.15, 0.2) is 24.3 Å². The van der Waals surface area contributed by atoms with Gasteiger partial charge in [0.25, 0.3) is 5.91 Å². The second-order valence-electron chi connectivity index (χ2n) is 6.71. The molecule has 0 atom stereocenters. The molecular formula is C17H21N5O4S. The summed E-state index contributed by atoms with van der Waals surface area (Å²) in [5.41, 5.74) is 1.33. The molecule has 9 nitrogen and oxygen atoms in total. The van der Waals surface area contributed by atoms with Crippen LogP contribution in [0.2, 0.25) is 0 Å². The zero-order chi connectivity index (χ0) is 19.0. The molecule has 2 aliphatic heterocycles. The molecular weight excluding hydrogens is 370 g/mol. The summed E-state index contributed by atoms with van der Waals surface area (Å²) in [6.45, 7) is 3.88. The fourth-order valence-corrected chi connectivity index (χ4v) is 5.04. The van der Waals surface area contributed by atoms with Gasteiger partial charge in [-0.1, -0.05) is 12.1 Å². The fourth-order valence-electron chi connectivity index (χ4n) is 3.22. The molecule has 2 fully saturated rings. The molecule has 0 saturated carbocycles. The molecule has 0 unspecified atom stereocenters. The van der Waals surface area contributed by atoms with E-state index in [4.69, 9.17) is 4.74 Å². The third-order valence-electron chi connectivity index (χ3n) is 4.87. The van der Waals surface area contributed by atoms with Crippen LogP contribution < -0.4 is 0 Å². The quantitative estimate of drug-likeness (QED) is 0.801. The number of morpholine rings is 1. The number of H-pyrrole nitrogens is 1. The first-order chi connectivity index (χ1) is 12.9. The minimum Gasteiger partial charge on any atom is -0.379 e. The Morgan fingerprint density at radius 2 is 1.85 bits per heavy atom. The number of benzene rings is 1. The lowest BCUT2D eigenvalue weighted by Gasteiger charge is -2.41. The number of nitrogens with one attached hydrogen (secondary N) is 1. The summed E-state index contributed by atoms with van der Waals surface area (Å²) in [4.78, 5) is 18.4. The van der Waals surface area contributed by atoms with Crippen molar-refractivity contribution in [1.29, 1.82) is 0 Å². The summed E-state index contributed by atoms with van der Waals surface area (Å²) in [5.74, 6) is 1.13. The number of aryl methyl sites for hydroxylation is 1. The van der Waals surface area contributed by atoms with E-state index in [0.29, 0.717) is 37.7 Å². The molecule has 1 aromatic carbocycles. The Hall–Kier alpha value is -2.30. The maximum atomic E-state index is 12.6. The monoisotopic (exact) mass is 391 g/mol. The molecule has 0 spiro atoms. The molecule has 2 saturated heterocycles. The van der Waals surface area contributed by atoms with Crippen LogP contribution in [-0.2, 0) is 14.8 Å². The van der Waals surface area contributed by atoms with E-state index in [0.717, 1.165) is 11.4 Å². The van der Waals surface area contributed by atoms with E-state index in [-0.39, 0.29) is 19.0 Å².